The number of fused-ring (bicyclic) bond motifs is 1. The van der Waals surface area contributed by atoms with Crippen LogP contribution in [0, 0.1) is 17.8 Å². The molecule has 1 aromatic rings. The van der Waals surface area contributed by atoms with Crippen LogP contribution < -0.4 is 0 Å². The third-order valence-electron chi connectivity index (χ3n) is 2.79. The van der Waals surface area contributed by atoms with E-state index in [-0.39, 0.29) is 0 Å². The molecule has 1 fully saturated rings. The standard InChI is InChI=1S/C13H13NO/c1-2-10(1)3-5-12-6-4-11-9-15-8-7-13(11)14-12/h4,6,10H,1-2,7-9H2. The molecule has 0 unspecified atom stereocenters. The van der Waals surface area contributed by atoms with Crippen LogP contribution in [0.15, 0.2) is 12.1 Å². The minimum atomic E-state index is 0.645. The molecule has 1 aliphatic carbocycles. The van der Waals surface area contributed by atoms with Gasteiger partial charge < -0.3 is 4.74 Å². The largest absolute Gasteiger partial charge is 0.376 e. The van der Waals surface area contributed by atoms with Gasteiger partial charge in [0, 0.05) is 18.0 Å². The highest BCUT2D eigenvalue weighted by Gasteiger charge is 2.18. The van der Waals surface area contributed by atoms with Gasteiger partial charge in [-0.3, -0.25) is 0 Å². The van der Waals surface area contributed by atoms with Gasteiger partial charge in [-0.15, -0.1) is 0 Å². The fraction of sp³-hybridized carbons (Fsp3) is 0.462. The van der Waals surface area contributed by atoms with Crippen molar-refractivity contribution >= 4 is 0 Å². The summed E-state index contributed by atoms with van der Waals surface area (Å²) in [5.41, 5.74) is 3.31. The maximum Gasteiger partial charge on any atom is 0.113 e. The molecule has 0 bridgehead atoms. The molecule has 0 aromatic carbocycles. The predicted octanol–water partition coefficient (Wildman–Crippen LogP) is 1.92. The van der Waals surface area contributed by atoms with E-state index in [1.54, 1.807) is 0 Å². The molecule has 0 spiro atoms. The Balaban J connectivity index is 1.87. The molecule has 0 atom stereocenters. The van der Waals surface area contributed by atoms with Crippen molar-refractivity contribution in [2.24, 2.45) is 5.92 Å². The highest BCUT2D eigenvalue weighted by molar-refractivity contribution is 5.34. The average molecular weight is 199 g/mol. The Kier molecular flexibility index (Phi) is 2.19. The van der Waals surface area contributed by atoms with Crippen LogP contribution in [0.2, 0.25) is 0 Å². The molecule has 0 amide bonds. The van der Waals surface area contributed by atoms with Crippen LogP contribution >= 0.6 is 0 Å². The number of hydrogen-bond donors (Lipinski definition) is 0. The summed E-state index contributed by atoms with van der Waals surface area (Å²) in [6, 6.07) is 4.10. The molecule has 76 valence electrons. The van der Waals surface area contributed by atoms with Crippen molar-refractivity contribution in [2.75, 3.05) is 6.61 Å². The van der Waals surface area contributed by atoms with E-state index in [1.165, 1.54) is 24.1 Å². The Labute approximate surface area is 89.7 Å². The maximum atomic E-state index is 5.37. The molecule has 2 heteroatoms. The predicted molar refractivity (Wildman–Crippen MR) is 57.2 cm³/mol. The quantitative estimate of drug-likeness (QED) is 0.595. The summed E-state index contributed by atoms with van der Waals surface area (Å²) >= 11 is 0. The van der Waals surface area contributed by atoms with Crippen molar-refractivity contribution in [3.63, 3.8) is 0 Å². The lowest BCUT2D eigenvalue weighted by molar-refractivity contribution is 0.109. The van der Waals surface area contributed by atoms with Gasteiger partial charge in [0.15, 0.2) is 0 Å². The Hall–Kier alpha value is -1.33. The van der Waals surface area contributed by atoms with Crippen molar-refractivity contribution < 1.29 is 4.74 Å². The van der Waals surface area contributed by atoms with Crippen LogP contribution in [0.25, 0.3) is 0 Å². The summed E-state index contributed by atoms with van der Waals surface area (Å²) in [5.74, 6) is 7.04. The first-order valence-electron chi connectivity index (χ1n) is 5.50. The molecule has 1 saturated carbocycles. The topological polar surface area (TPSA) is 22.1 Å². The van der Waals surface area contributed by atoms with Gasteiger partial charge in [-0.2, -0.15) is 0 Å². The third-order valence-corrected chi connectivity index (χ3v) is 2.79. The number of hydrogen-bond acceptors (Lipinski definition) is 2. The van der Waals surface area contributed by atoms with Crippen molar-refractivity contribution in [1.82, 2.24) is 4.98 Å². The fourth-order valence-electron chi connectivity index (χ4n) is 1.70. The molecule has 2 aliphatic rings. The van der Waals surface area contributed by atoms with E-state index in [2.05, 4.69) is 22.9 Å². The zero-order valence-electron chi connectivity index (χ0n) is 8.62. The van der Waals surface area contributed by atoms with E-state index in [0.29, 0.717) is 12.5 Å². The van der Waals surface area contributed by atoms with E-state index in [9.17, 15) is 0 Å². The number of pyridine rings is 1. The number of aromatic nitrogens is 1. The van der Waals surface area contributed by atoms with E-state index < -0.39 is 0 Å². The number of rotatable bonds is 0. The lowest BCUT2D eigenvalue weighted by Crippen LogP contribution is -2.12. The molecule has 15 heavy (non-hydrogen) atoms. The first kappa shape index (κ1) is 8.94. The second kappa shape index (κ2) is 3.67. The minimum absolute atomic E-state index is 0.645. The average Bonchev–Trinajstić information content (AvgIpc) is 3.10. The minimum Gasteiger partial charge on any atom is -0.376 e. The molecular weight excluding hydrogens is 186 g/mol. The first-order chi connectivity index (χ1) is 7.42. The Morgan fingerprint density at radius 2 is 2.27 bits per heavy atom. The van der Waals surface area contributed by atoms with Gasteiger partial charge in [0.25, 0.3) is 0 Å². The van der Waals surface area contributed by atoms with Crippen molar-refractivity contribution in [3.8, 4) is 11.8 Å². The van der Waals surface area contributed by atoms with E-state index >= 15 is 0 Å². The highest BCUT2D eigenvalue weighted by Crippen LogP contribution is 2.27. The zero-order chi connectivity index (χ0) is 10.1. The second-order valence-electron chi connectivity index (χ2n) is 4.15. The van der Waals surface area contributed by atoms with Crippen LogP contribution in [-0.2, 0) is 17.8 Å². The third kappa shape index (κ3) is 2.03. The van der Waals surface area contributed by atoms with Gasteiger partial charge in [0.1, 0.15) is 5.69 Å². The molecule has 0 N–H and O–H groups in total. The Morgan fingerprint density at radius 3 is 3.13 bits per heavy atom. The molecule has 2 heterocycles. The molecule has 3 rings (SSSR count). The van der Waals surface area contributed by atoms with Crippen molar-refractivity contribution in [2.45, 2.75) is 25.9 Å². The van der Waals surface area contributed by atoms with Gasteiger partial charge in [-0.1, -0.05) is 12.0 Å². The first-order valence-corrected chi connectivity index (χ1v) is 5.50. The molecule has 1 aliphatic heterocycles. The highest BCUT2D eigenvalue weighted by atomic mass is 16.5. The fourth-order valence-corrected chi connectivity index (χ4v) is 1.70. The number of ether oxygens (including phenoxy) is 1. The van der Waals surface area contributed by atoms with Crippen LogP contribution in [-0.4, -0.2) is 11.6 Å². The second-order valence-corrected chi connectivity index (χ2v) is 4.15. The van der Waals surface area contributed by atoms with Gasteiger partial charge >= 0.3 is 0 Å². The van der Waals surface area contributed by atoms with E-state index in [0.717, 1.165) is 18.7 Å². The summed E-state index contributed by atoms with van der Waals surface area (Å²) in [7, 11) is 0. The van der Waals surface area contributed by atoms with Gasteiger partial charge in [-0.25, -0.2) is 4.98 Å². The van der Waals surface area contributed by atoms with E-state index in [4.69, 9.17) is 4.74 Å². The van der Waals surface area contributed by atoms with Crippen molar-refractivity contribution in [3.05, 3.63) is 29.1 Å². The maximum absolute atomic E-state index is 5.37. The number of nitrogens with zero attached hydrogens (tertiary/aromatic N) is 1. The smallest absolute Gasteiger partial charge is 0.113 e. The van der Waals surface area contributed by atoms with Gasteiger partial charge in [0.2, 0.25) is 0 Å². The van der Waals surface area contributed by atoms with Crippen LogP contribution in [0.3, 0.4) is 0 Å². The molecule has 2 nitrogen and oxygen atoms in total. The lowest BCUT2D eigenvalue weighted by Gasteiger charge is -2.14. The van der Waals surface area contributed by atoms with Crippen molar-refractivity contribution in [1.29, 1.82) is 0 Å². The normalized spacial score (nSPS) is 18.9. The van der Waals surface area contributed by atoms with Crippen LogP contribution in [0.5, 0.6) is 0 Å². The monoisotopic (exact) mass is 199 g/mol. The molecule has 0 radical (unpaired) electrons. The summed E-state index contributed by atoms with van der Waals surface area (Å²) in [4.78, 5) is 4.56. The zero-order valence-corrected chi connectivity index (χ0v) is 8.62. The van der Waals surface area contributed by atoms with E-state index in [1.807, 2.05) is 6.07 Å². The summed E-state index contributed by atoms with van der Waals surface area (Å²) in [6.45, 7) is 1.50. The molecule has 0 saturated heterocycles. The molecule has 1 aromatic heterocycles. The molecular formula is C13H13NO. The Bertz CT molecular complexity index is 438. The summed E-state index contributed by atoms with van der Waals surface area (Å²) in [6.07, 6.45) is 3.46. The van der Waals surface area contributed by atoms with Crippen LogP contribution in [0.1, 0.15) is 29.8 Å². The summed E-state index contributed by atoms with van der Waals surface area (Å²) < 4.78 is 5.37. The van der Waals surface area contributed by atoms with Gasteiger partial charge in [-0.05, 0) is 30.4 Å². The van der Waals surface area contributed by atoms with Gasteiger partial charge in [0.05, 0.1) is 13.2 Å². The Morgan fingerprint density at radius 1 is 1.33 bits per heavy atom. The van der Waals surface area contributed by atoms with Crippen LogP contribution in [0.4, 0.5) is 0 Å². The summed E-state index contributed by atoms with van der Waals surface area (Å²) in [5, 5.41) is 0. The lowest BCUT2D eigenvalue weighted by atomic mass is 10.1. The SMILES string of the molecule is C(#CC1CC1)c1ccc2c(n1)CCOC2.